The molecule has 1 unspecified atom stereocenters. The molecule has 2 heterocycles. The molecule has 0 saturated carbocycles. The summed E-state index contributed by atoms with van der Waals surface area (Å²) in [7, 11) is -3.16. The molecule has 2 fully saturated rings. The number of hydrogen-bond acceptors (Lipinski definition) is 4. The molecule has 1 aromatic carbocycles. The molecule has 0 spiro atoms. The van der Waals surface area contributed by atoms with E-state index < -0.39 is 10.0 Å². The van der Waals surface area contributed by atoms with Gasteiger partial charge in [-0.25, -0.2) is 8.42 Å². The topological polar surface area (TPSA) is 78.5 Å². The Kier molecular flexibility index (Phi) is 5.89. The Morgan fingerprint density at radius 2 is 1.96 bits per heavy atom. The molecule has 0 bridgehead atoms. The van der Waals surface area contributed by atoms with Crippen LogP contribution in [0.4, 0.5) is 11.4 Å². The summed E-state index contributed by atoms with van der Waals surface area (Å²) >= 11 is 0. The molecular formula is C15H22ClN3O3S. The normalized spacial score (nSPS) is 23.1. The second kappa shape index (κ2) is 7.51. The number of rotatable bonds is 3. The second-order valence-electron chi connectivity index (χ2n) is 5.82. The summed E-state index contributed by atoms with van der Waals surface area (Å²) in [4.78, 5) is 12.2. The molecule has 2 saturated heterocycles. The number of hydrogen-bond donors (Lipinski definition) is 2. The highest BCUT2D eigenvalue weighted by molar-refractivity contribution is 7.93. The van der Waals surface area contributed by atoms with E-state index in [9.17, 15) is 13.2 Å². The summed E-state index contributed by atoms with van der Waals surface area (Å²) in [5, 5.41) is 6.13. The van der Waals surface area contributed by atoms with Crippen molar-refractivity contribution in [1.29, 1.82) is 0 Å². The lowest BCUT2D eigenvalue weighted by Crippen LogP contribution is -2.37. The first-order chi connectivity index (χ1) is 10.6. The van der Waals surface area contributed by atoms with Gasteiger partial charge in [-0.1, -0.05) is 0 Å². The number of anilines is 2. The first-order valence-electron chi connectivity index (χ1n) is 7.68. The minimum atomic E-state index is -3.16. The molecule has 3 rings (SSSR count). The van der Waals surface area contributed by atoms with Gasteiger partial charge in [0.25, 0.3) is 0 Å². The first-order valence-corrected chi connectivity index (χ1v) is 9.29. The number of nitrogens with one attached hydrogen (secondary N) is 2. The fourth-order valence-corrected chi connectivity index (χ4v) is 4.52. The van der Waals surface area contributed by atoms with Crippen molar-refractivity contribution in [2.24, 2.45) is 5.92 Å². The van der Waals surface area contributed by atoms with Crippen molar-refractivity contribution >= 4 is 39.7 Å². The van der Waals surface area contributed by atoms with Crippen molar-refractivity contribution in [1.82, 2.24) is 5.32 Å². The summed E-state index contributed by atoms with van der Waals surface area (Å²) in [6.45, 7) is 2.22. The third kappa shape index (κ3) is 4.16. The van der Waals surface area contributed by atoms with Gasteiger partial charge in [0.05, 0.1) is 17.4 Å². The molecule has 2 aliphatic rings. The average Bonchev–Trinajstić information content (AvgIpc) is 2.88. The van der Waals surface area contributed by atoms with Crippen molar-refractivity contribution in [3.05, 3.63) is 24.3 Å². The SMILES string of the molecule is Cl.O=C(Nc1ccc(N2CCCS2(=O)=O)cc1)C1CCCNC1. The number of nitrogens with zero attached hydrogens (tertiary/aromatic N) is 1. The van der Waals surface area contributed by atoms with Crippen molar-refractivity contribution in [3.63, 3.8) is 0 Å². The van der Waals surface area contributed by atoms with Gasteiger partial charge in [0.1, 0.15) is 0 Å². The predicted octanol–water partition coefficient (Wildman–Crippen LogP) is 1.59. The molecule has 23 heavy (non-hydrogen) atoms. The summed E-state index contributed by atoms with van der Waals surface area (Å²) in [6.07, 6.45) is 2.59. The van der Waals surface area contributed by atoms with E-state index in [0.29, 0.717) is 24.3 Å². The molecule has 0 aromatic heterocycles. The number of sulfonamides is 1. The van der Waals surface area contributed by atoms with Crippen LogP contribution in [-0.4, -0.2) is 39.7 Å². The molecule has 0 aliphatic carbocycles. The van der Waals surface area contributed by atoms with Crippen LogP contribution in [-0.2, 0) is 14.8 Å². The number of benzene rings is 1. The minimum absolute atomic E-state index is 0. The third-order valence-corrected chi connectivity index (χ3v) is 6.06. The lowest BCUT2D eigenvalue weighted by Gasteiger charge is -2.22. The predicted molar refractivity (Wildman–Crippen MR) is 93.7 cm³/mol. The zero-order valence-corrected chi connectivity index (χ0v) is 14.5. The Morgan fingerprint density at radius 1 is 1.22 bits per heavy atom. The molecule has 128 valence electrons. The van der Waals surface area contributed by atoms with Crippen LogP contribution in [0, 0.1) is 5.92 Å². The van der Waals surface area contributed by atoms with E-state index >= 15 is 0 Å². The Hall–Kier alpha value is -1.31. The molecular weight excluding hydrogens is 338 g/mol. The Bertz CT molecular complexity index is 642. The van der Waals surface area contributed by atoms with Crippen LogP contribution in [0.1, 0.15) is 19.3 Å². The van der Waals surface area contributed by atoms with Crippen molar-refractivity contribution in [2.45, 2.75) is 19.3 Å². The molecule has 2 N–H and O–H groups in total. The van der Waals surface area contributed by atoms with E-state index in [1.165, 1.54) is 4.31 Å². The Balaban J connectivity index is 0.00000192. The van der Waals surface area contributed by atoms with E-state index in [-0.39, 0.29) is 30.0 Å². The average molecular weight is 360 g/mol. The highest BCUT2D eigenvalue weighted by Gasteiger charge is 2.28. The first kappa shape index (κ1) is 18.0. The maximum Gasteiger partial charge on any atom is 0.235 e. The van der Waals surface area contributed by atoms with Gasteiger partial charge in [-0.3, -0.25) is 9.10 Å². The molecule has 1 amide bonds. The van der Waals surface area contributed by atoms with Gasteiger partial charge in [0, 0.05) is 18.8 Å². The third-order valence-electron chi connectivity index (χ3n) is 4.19. The quantitative estimate of drug-likeness (QED) is 0.859. The zero-order valence-electron chi connectivity index (χ0n) is 12.8. The molecule has 0 radical (unpaired) electrons. The summed E-state index contributed by atoms with van der Waals surface area (Å²) < 4.78 is 25.2. The molecule has 6 nitrogen and oxygen atoms in total. The van der Waals surface area contributed by atoms with E-state index in [2.05, 4.69) is 10.6 Å². The lowest BCUT2D eigenvalue weighted by molar-refractivity contribution is -0.120. The van der Waals surface area contributed by atoms with Crippen molar-refractivity contribution in [2.75, 3.05) is 35.0 Å². The zero-order chi connectivity index (χ0) is 15.6. The van der Waals surface area contributed by atoms with Crippen LogP contribution in [0.15, 0.2) is 24.3 Å². The monoisotopic (exact) mass is 359 g/mol. The second-order valence-corrected chi connectivity index (χ2v) is 7.83. The number of piperidine rings is 1. The van der Waals surface area contributed by atoms with Gasteiger partial charge in [-0.05, 0) is 50.1 Å². The fraction of sp³-hybridized carbons (Fsp3) is 0.533. The largest absolute Gasteiger partial charge is 0.326 e. The molecule has 8 heteroatoms. The molecule has 1 atom stereocenters. The lowest BCUT2D eigenvalue weighted by atomic mass is 9.99. The fourth-order valence-electron chi connectivity index (χ4n) is 2.96. The number of halogens is 1. The van der Waals surface area contributed by atoms with E-state index in [1.54, 1.807) is 24.3 Å². The van der Waals surface area contributed by atoms with E-state index in [0.717, 1.165) is 25.9 Å². The maximum atomic E-state index is 12.2. The van der Waals surface area contributed by atoms with Crippen molar-refractivity contribution in [3.8, 4) is 0 Å². The van der Waals surface area contributed by atoms with E-state index in [4.69, 9.17) is 0 Å². The minimum Gasteiger partial charge on any atom is -0.326 e. The number of carbonyl (C=O) groups is 1. The van der Waals surface area contributed by atoms with Crippen LogP contribution in [0.5, 0.6) is 0 Å². The Labute approximate surface area is 143 Å². The van der Waals surface area contributed by atoms with Crippen LogP contribution >= 0.6 is 12.4 Å². The van der Waals surface area contributed by atoms with E-state index in [1.807, 2.05) is 0 Å². The highest BCUT2D eigenvalue weighted by atomic mass is 35.5. The number of carbonyl (C=O) groups excluding carboxylic acids is 1. The van der Waals surface area contributed by atoms with Gasteiger partial charge in [-0.15, -0.1) is 12.4 Å². The standard InChI is InChI=1S/C15H21N3O3S.ClH/c19-15(12-3-1-8-16-11-12)17-13-4-6-14(7-5-13)18-9-2-10-22(18,20)21;/h4-7,12,16H,1-3,8-11H2,(H,17,19);1H. The van der Waals surface area contributed by atoms with Gasteiger partial charge in [0.2, 0.25) is 15.9 Å². The smallest absolute Gasteiger partial charge is 0.235 e. The van der Waals surface area contributed by atoms with Crippen LogP contribution in [0.2, 0.25) is 0 Å². The summed E-state index contributed by atoms with van der Waals surface area (Å²) in [5.41, 5.74) is 1.37. The van der Waals surface area contributed by atoms with Crippen molar-refractivity contribution < 1.29 is 13.2 Å². The summed E-state index contributed by atoms with van der Waals surface area (Å²) in [5.74, 6) is 0.237. The molecule has 1 aromatic rings. The van der Waals surface area contributed by atoms with Gasteiger partial charge in [-0.2, -0.15) is 0 Å². The van der Waals surface area contributed by atoms with Gasteiger partial charge in [0.15, 0.2) is 0 Å². The Morgan fingerprint density at radius 3 is 2.52 bits per heavy atom. The van der Waals surface area contributed by atoms with Crippen LogP contribution in [0.25, 0.3) is 0 Å². The van der Waals surface area contributed by atoms with Gasteiger partial charge < -0.3 is 10.6 Å². The summed E-state index contributed by atoms with van der Waals surface area (Å²) in [6, 6.07) is 7.02. The highest BCUT2D eigenvalue weighted by Crippen LogP contribution is 2.25. The van der Waals surface area contributed by atoms with Crippen LogP contribution < -0.4 is 14.9 Å². The van der Waals surface area contributed by atoms with Gasteiger partial charge >= 0.3 is 0 Å². The maximum absolute atomic E-state index is 12.2. The number of amides is 1. The molecule has 2 aliphatic heterocycles. The van der Waals surface area contributed by atoms with Crippen LogP contribution in [0.3, 0.4) is 0 Å².